The molecule has 0 saturated heterocycles. The minimum atomic E-state index is -0.0968. The first-order valence-electron chi connectivity index (χ1n) is 5.65. The van der Waals surface area contributed by atoms with Gasteiger partial charge in [0.05, 0.1) is 0 Å². The van der Waals surface area contributed by atoms with Gasteiger partial charge in [0.2, 0.25) is 0 Å². The highest BCUT2D eigenvalue weighted by Crippen LogP contribution is 2.19. The minimum Gasteiger partial charge on any atom is -0.301 e. The first-order chi connectivity index (χ1) is 8.67. The van der Waals surface area contributed by atoms with Crippen molar-refractivity contribution in [3.63, 3.8) is 0 Å². The van der Waals surface area contributed by atoms with Gasteiger partial charge in [-0.15, -0.1) is 0 Å². The number of nitrogens with zero attached hydrogens (tertiary/aromatic N) is 1. The Balaban J connectivity index is 2.08. The summed E-state index contributed by atoms with van der Waals surface area (Å²) in [4.78, 5) is 18.5. The van der Waals surface area contributed by atoms with E-state index < -0.39 is 0 Å². The van der Waals surface area contributed by atoms with Crippen molar-refractivity contribution in [1.82, 2.24) is 9.97 Å². The van der Waals surface area contributed by atoms with Crippen LogP contribution in [-0.2, 0) is 12.2 Å². The molecule has 1 aromatic carbocycles. The Morgan fingerprint density at radius 3 is 2.72 bits per heavy atom. The smallest absolute Gasteiger partial charge is 0.251 e. The van der Waals surface area contributed by atoms with Crippen molar-refractivity contribution in [3.8, 4) is 0 Å². The van der Waals surface area contributed by atoms with E-state index in [0.717, 1.165) is 28.5 Å². The zero-order valence-electron chi connectivity index (χ0n) is 9.94. The number of halogens is 1. The van der Waals surface area contributed by atoms with E-state index in [4.69, 9.17) is 11.6 Å². The SMILES string of the molecule is CCc1cc(=O)[nH]c(SCc2ccc(Cl)cc2)n1. The van der Waals surface area contributed by atoms with Gasteiger partial charge in [0, 0.05) is 22.5 Å². The molecule has 0 radical (unpaired) electrons. The predicted molar refractivity (Wildman–Crippen MR) is 75.2 cm³/mol. The molecule has 0 unspecified atom stereocenters. The molecule has 0 bridgehead atoms. The summed E-state index contributed by atoms with van der Waals surface area (Å²) in [5, 5.41) is 1.39. The summed E-state index contributed by atoms with van der Waals surface area (Å²) in [5.41, 5.74) is 1.87. The van der Waals surface area contributed by atoms with Gasteiger partial charge < -0.3 is 4.98 Å². The molecule has 2 rings (SSSR count). The molecule has 0 aliphatic heterocycles. The summed E-state index contributed by atoms with van der Waals surface area (Å²) in [6.07, 6.45) is 0.762. The van der Waals surface area contributed by atoms with Crippen molar-refractivity contribution < 1.29 is 0 Å². The number of benzene rings is 1. The minimum absolute atomic E-state index is 0.0968. The van der Waals surface area contributed by atoms with Gasteiger partial charge >= 0.3 is 0 Å². The number of aromatic nitrogens is 2. The molecule has 94 valence electrons. The fraction of sp³-hybridized carbons (Fsp3) is 0.231. The van der Waals surface area contributed by atoms with Crippen LogP contribution in [0.5, 0.6) is 0 Å². The zero-order chi connectivity index (χ0) is 13.0. The summed E-state index contributed by atoms with van der Waals surface area (Å²) < 4.78 is 0. The van der Waals surface area contributed by atoms with Gasteiger partial charge in [-0.25, -0.2) is 4.98 Å². The largest absolute Gasteiger partial charge is 0.301 e. The maximum Gasteiger partial charge on any atom is 0.251 e. The molecule has 1 heterocycles. The van der Waals surface area contributed by atoms with Crippen LogP contribution in [-0.4, -0.2) is 9.97 Å². The lowest BCUT2D eigenvalue weighted by Crippen LogP contribution is -2.09. The van der Waals surface area contributed by atoms with Crippen molar-refractivity contribution in [2.45, 2.75) is 24.3 Å². The lowest BCUT2D eigenvalue weighted by molar-refractivity contribution is 0.868. The van der Waals surface area contributed by atoms with Gasteiger partial charge in [-0.1, -0.05) is 42.4 Å². The molecular formula is C13H13ClN2OS. The van der Waals surface area contributed by atoms with Gasteiger partial charge in [-0.2, -0.15) is 0 Å². The third kappa shape index (κ3) is 3.62. The third-order valence-corrected chi connectivity index (χ3v) is 3.62. The van der Waals surface area contributed by atoms with Crippen molar-refractivity contribution >= 4 is 23.4 Å². The number of aromatic amines is 1. The van der Waals surface area contributed by atoms with E-state index in [9.17, 15) is 4.79 Å². The van der Waals surface area contributed by atoms with E-state index in [1.54, 1.807) is 0 Å². The fourth-order valence-electron chi connectivity index (χ4n) is 1.47. The van der Waals surface area contributed by atoms with Gasteiger partial charge in [0.25, 0.3) is 5.56 Å². The van der Waals surface area contributed by atoms with Gasteiger partial charge in [0.1, 0.15) is 0 Å². The third-order valence-electron chi connectivity index (χ3n) is 2.42. The van der Waals surface area contributed by atoms with Crippen LogP contribution in [0.15, 0.2) is 40.3 Å². The van der Waals surface area contributed by atoms with Crippen LogP contribution in [0.1, 0.15) is 18.2 Å². The van der Waals surface area contributed by atoms with Crippen LogP contribution in [0.4, 0.5) is 0 Å². The Morgan fingerprint density at radius 2 is 2.06 bits per heavy atom. The van der Waals surface area contributed by atoms with E-state index in [1.807, 2.05) is 31.2 Å². The maximum absolute atomic E-state index is 11.4. The second-order valence-electron chi connectivity index (χ2n) is 3.81. The summed E-state index contributed by atoms with van der Waals surface area (Å²) in [6.45, 7) is 1.98. The standard InChI is InChI=1S/C13H13ClN2OS/c1-2-11-7-12(17)16-13(15-11)18-8-9-3-5-10(14)6-4-9/h3-7H,2,8H2,1H3,(H,15,16,17). The topological polar surface area (TPSA) is 45.8 Å². The fourth-order valence-corrected chi connectivity index (χ4v) is 2.44. The number of thioether (sulfide) groups is 1. The van der Waals surface area contributed by atoms with Crippen LogP contribution < -0.4 is 5.56 Å². The molecule has 0 spiro atoms. The summed E-state index contributed by atoms with van der Waals surface area (Å²) in [7, 11) is 0. The Bertz CT molecular complexity index is 580. The van der Waals surface area contributed by atoms with Gasteiger partial charge in [-0.3, -0.25) is 4.79 Å². The number of hydrogen-bond acceptors (Lipinski definition) is 3. The van der Waals surface area contributed by atoms with Crippen molar-refractivity contribution in [2.75, 3.05) is 0 Å². The Kier molecular flexibility index (Phi) is 4.44. The van der Waals surface area contributed by atoms with Crippen LogP contribution in [0.3, 0.4) is 0 Å². The first kappa shape index (κ1) is 13.2. The van der Waals surface area contributed by atoms with E-state index in [1.165, 1.54) is 17.8 Å². The number of hydrogen-bond donors (Lipinski definition) is 1. The average molecular weight is 281 g/mol. The molecule has 1 aromatic heterocycles. The number of H-pyrrole nitrogens is 1. The molecule has 18 heavy (non-hydrogen) atoms. The Hall–Kier alpha value is -1.26. The number of rotatable bonds is 4. The molecule has 1 N–H and O–H groups in total. The molecule has 0 aliphatic rings. The average Bonchev–Trinajstić information content (AvgIpc) is 2.37. The highest BCUT2D eigenvalue weighted by molar-refractivity contribution is 7.98. The van der Waals surface area contributed by atoms with Crippen LogP contribution >= 0.6 is 23.4 Å². The summed E-state index contributed by atoms with van der Waals surface area (Å²) in [6, 6.07) is 9.19. The van der Waals surface area contributed by atoms with Crippen molar-refractivity contribution in [3.05, 3.63) is 57.0 Å². The molecule has 0 aliphatic carbocycles. The Labute approximate surface area is 115 Å². The lowest BCUT2D eigenvalue weighted by Gasteiger charge is -2.03. The van der Waals surface area contributed by atoms with E-state index in [2.05, 4.69) is 9.97 Å². The summed E-state index contributed by atoms with van der Waals surface area (Å²) >= 11 is 7.34. The van der Waals surface area contributed by atoms with E-state index in [-0.39, 0.29) is 5.56 Å². The van der Waals surface area contributed by atoms with Crippen LogP contribution in [0.25, 0.3) is 0 Å². The van der Waals surface area contributed by atoms with E-state index >= 15 is 0 Å². The first-order valence-corrected chi connectivity index (χ1v) is 7.01. The molecule has 3 nitrogen and oxygen atoms in total. The molecular weight excluding hydrogens is 268 g/mol. The summed E-state index contributed by atoms with van der Waals surface area (Å²) in [5.74, 6) is 0.757. The lowest BCUT2D eigenvalue weighted by atomic mass is 10.2. The highest BCUT2D eigenvalue weighted by Gasteiger charge is 2.01. The van der Waals surface area contributed by atoms with Crippen LogP contribution in [0.2, 0.25) is 5.02 Å². The number of nitrogens with one attached hydrogen (secondary N) is 1. The predicted octanol–water partition coefficient (Wildman–Crippen LogP) is 3.28. The zero-order valence-corrected chi connectivity index (χ0v) is 11.5. The van der Waals surface area contributed by atoms with Gasteiger partial charge in [0.15, 0.2) is 5.16 Å². The van der Waals surface area contributed by atoms with Crippen LogP contribution in [0, 0.1) is 0 Å². The molecule has 0 saturated carbocycles. The second kappa shape index (κ2) is 6.07. The van der Waals surface area contributed by atoms with Gasteiger partial charge in [-0.05, 0) is 24.1 Å². The van der Waals surface area contributed by atoms with Crippen molar-refractivity contribution in [1.29, 1.82) is 0 Å². The molecule has 2 aromatic rings. The van der Waals surface area contributed by atoms with E-state index in [0.29, 0.717) is 5.16 Å². The monoisotopic (exact) mass is 280 g/mol. The maximum atomic E-state index is 11.4. The highest BCUT2D eigenvalue weighted by atomic mass is 35.5. The molecule has 0 amide bonds. The van der Waals surface area contributed by atoms with Crippen molar-refractivity contribution in [2.24, 2.45) is 0 Å². The normalized spacial score (nSPS) is 10.6. The number of aryl methyl sites for hydroxylation is 1. The quantitative estimate of drug-likeness (QED) is 0.690. The molecule has 0 atom stereocenters. The molecule has 5 heteroatoms. The Morgan fingerprint density at radius 1 is 1.33 bits per heavy atom. The molecule has 0 fully saturated rings. The second-order valence-corrected chi connectivity index (χ2v) is 5.21.